The number of hydrogen-bond acceptors (Lipinski definition) is 3. The van der Waals surface area contributed by atoms with Gasteiger partial charge in [-0.25, -0.2) is 9.37 Å². The Kier molecular flexibility index (Phi) is 4.24. The van der Waals surface area contributed by atoms with E-state index in [2.05, 4.69) is 10.3 Å². The van der Waals surface area contributed by atoms with Gasteiger partial charge in [0.2, 0.25) is 0 Å². The zero-order chi connectivity index (χ0) is 12.2. The molecule has 0 saturated heterocycles. The summed E-state index contributed by atoms with van der Waals surface area (Å²) in [7, 11) is 1.77. The van der Waals surface area contributed by atoms with Crippen LogP contribution in [0.25, 0.3) is 0 Å². The molecule has 1 aromatic rings. The van der Waals surface area contributed by atoms with E-state index in [0.717, 1.165) is 6.42 Å². The maximum Gasteiger partial charge on any atom is 0.251 e. The fourth-order valence-corrected chi connectivity index (χ4v) is 1.19. The van der Waals surface area contributed by atoms with Crippen molar-refractivity contribution >= 4 is 0 Å². The fraction of sp³-hybridized carbons (Fsp3) is 0.583. The molecule has 3 nitrogen and oxygen atoms in total. The standard InChI is InChI=1S/C12H19FN2O/c1-5-12(2,3)16-11-10(13)9(8-14-4)6-7-15-11/h6-7,14H,5,8H2,1-4H3. The fourth-order valence-electron chi connectivity index (χ4n) is 1.19. The van der Waals surface area contributed by atoms with Gasteiger partial charge in [-0.1, -0.05) is 6.92 Å². The molecule has 16 heavy (non-hydrogen) atoms. The van der Waals surface area contributed by atoms with Gasteiger partial charge in [-0.05, 0) is 33.4 Å². The lowest BCUT2D eigenvalue weighted by molar-refractivity contribution is 0.0926. The van der Waals surface area contributed by atoms with Gasteiger partial charge in [-0.15, -0.1) is 0 Å². The van der Waals surface area contributed by atoms with Gasteiger partial charge in [0.15, 0.2) is 5.82 Å². The summed E-state index contributed by atoms with van der Waals surface area (Å²) in [6.45, 7) is 6.30. The van der Waals surface area contributed by atoms with Crippen LogP contribution in [0.1, 0.15) is 32.8 Å². The van der Waals surface area contributed by atoms with Crippen molar-refractivity contribution in [2.75, 3.05) is 7.05 Å². The van der Waals surface area contributed by atoms with Crippen molar-refractivity contribution in [2.24, 2.45) is 0 Å². The van der Waals surface area contributed by atoms with Crippen molar-refractivity contribution in [1.29, 1.82) is 0 Å². The second kappa shape index (κ2) is 5.25. The van der Waals surface area contributed by atoms with E-state index < -0.39 is 5.60 Å². The molecule has 0 fully saturated rings. The van der Waals surface area contributed by atoms with E-state index in [0.29, 0.717) is 12.1 Å². The molecule has 0 amide bonds. The number of pyridine rings is 1. The first-order chi connectivity index (χ1) is 7.50. The van der Waals surface area contributed by atoms with Crippen molar-refractivity contribution < 1.29 is 9.13 Å². The van der Waals surface area contributed by atoms with Gasteiger partial charge in [0.25, 0.3) is 5.88 Å². The quantitative estimate of drug-likeness (QED) is 0.837. The van der Waals surface area contributed by atoms with Crippen LogP contribution in [0.4, 0.5) is 4.39 Å². The van der Waals surface area contributed by atoms with Gasteiger partial charge in [-0.2, -0.15) is 0 Å². The lowest BCUT2D eigenvalue weighted by Crippen LogP contribution is -2.28. The minimum Gasteiger partial charge on any atom is -0.470 e. The number of nitrogens with one attached hydrogen (secondary N) is 1. The predicted molar refractivity (Wildman–Crippen MR) is 62.0 cm³/mol. The molecule has 0 aliphatic carbocycles. The summed E-state index contributed by atoms with van der Waals surface area (Å²) in [5.74, 6) is -0.294. The van der Waals surface area contributed by atoms with E-state index in [4.69, 9.17) is 4.74 Å². The van der Waals surface area contributed by atoms with Crippen molar-refractivity contribution in [3.05, 3.63) is 23.6 Å². The van der Waals surface area contributed by atoms with Gasteiger partial charge in [-0.3, -0.25) is 0 Å². The van der Waals surface area contributed by atoms with Crippen LogP contribution in [0, 0.1) is 5.82 Å². The average Bonchev–Trinajstić information content (AvgIpc) is 2.24. The van der Waals surface area contributed by atoms with Crippen LogP contribution in [-0.2, 0) is 6.54 Å². The van der Waals surface area contributed by atoms with Gasteiger partial charge in [0, 0.05) is 18.3 Å². The molecule has 0 aromatic carbocycles. The Morgan fingerprint density at radius 3 is 2.75 bits per heavy atom. The van der Waals surface area contributed by atoms with Crippen LogP contribution >= 0.6 is 0 Å². The maximum atomic E-state index is 13.9. The summed E-state index contributed by atoms with van der Waals surface area (Å²) in [5.41, 5.74) is 0.172. The third-order valence-corrected chi connectivity index (χ3v) is 2.53. The molecule has 0 aliphatic rings. The molecule has 0 unspecified atom stereocenters. The molecule has 90 valence electrons. The van der Waals surface area contributed by atoms with Crippen LogP contribution in [0.2, 0.25) is 0 Å². The second-order valence-electron chi connectivity index (χ2n) is 4.33. The summed E-state index contributed by atoms with van der Waals surface area (Å²) < 4.78 is 19.5. The Labute approximate surface area is 96.0 Å². The lowest BCUT2D eigenvalue weighted by atomic mass is 10.1. The number of nitrogens with zero attached hydrogens (tertiary/aromatic N) is 1. The molecule has 1 rings (SSSR count). The summed E-state index contributed by atoms with van der Waals surface area (Å²) in [6, 6.07) is 1.65. The number of aromatic nitrogens is 1. The Balaban J connectivity index is 2.93. The van der Waals surface area contributed by atoms with Crippen molar-refractivity contribution in [3.8, 4) is 5.88 Å². The average molecular weight is 226 g/mol. The minimum atomic E-state index is -0.397. The molecule has 0 aliphatic heterocycles. The third-order valence-electron chi connectivity index (χ3n) is 2.53. The molecule has 0 saturated carbocycles. The first-order valence-electron chi connectivity index (χ1n) is 5.47. The Hall–Kier alpha value is -1.16. The van der Waals surface area contributed by atoms with E-state index in [-0.39, 0.29) is 11.7 Å². The number of hydrogen-bond donors (Lipinski definition) is 1. The van der Waals surface area contributed by atoms with Crippen LogP contribution in [0.15, 0.2) is 12.3 Å². The second-order valence-corrected chi connectivity index (χ2v) is 4.33. The van der Waals surface area contributed by atoms with E-state index in [1.165, 1.54) is 0 Å². The van der Waals surface area contributed by atoms with Gasteiger partial charge < -0.3 is 10.1 Å². The summed E-state index contributed by atoms with van der Waals surface area (Å²) in [4.78, 5) is 3.93. The minimum absolute atomic E-state index is 0.0830. The molecular weight excluding hydrogens is 207 g/mol. The van der Waals surface area contributed by atoms with Crippen LogP contribution in [0.5, 0.6) is 5.88 Å². The first-order valence-corrected chi connectivity index (χ1v) is 5.47. The van der Waals surface area contributed by atoms with Crippen LogP contribution < -0.4 is 10.1 Å². The van der Waals surface area contributed by atoms with Crippen LogP contribution in [0.3, 0.4) is 0 Å². The molecule has 0 radical (unpaired) electrons. The lowest BCUT2D eigenvalue weighted by Gasteiger charge is -2.24. The largest absolute Gasteiger partial charge is 0.470 e. The Morgan fingerprint density at radius 2 is 2.19 bits per heavy atom. The van der Waals surface area contributed by atoms with E-state index >= 15 is 0 Å². The molecular formula is C12H19FN2O. The van der Waals surface area contributed by atoms with E-state index in [1.807, 2.05) is 20.8 Å². The number of ether oxygens (including phenoxy) is 1. The van der Waals surface area contributed by atoms with Crippen molar-refractivity contribution in [3.63, 3.8) is 0 Å². The van der Waals surface area contributed by atoms with Gasteiger partial charge >= 0.3 is 0 Å². The number of halogens is 1. The third kappa shape index (κ3) is 3.17. The molecule has 0 atom stereocenters. The summed E-state index contributed by atoms with van der Waals surface area (Å²) >= 11 is 0. The molecule has 4 heteroatoms. The molecule has 1 heterocycles. The van der Waals surface area contributed by atoms with Crippen molar-refractivity contribution in [2.45, 2.75) is 39.3 Å². The highest BCUT2D eigenvalue weighted by Crippen LogP contribution is 2.23. The van der Waals surface area contributed by atoms with Crippen LogP contribution in [-0.4, -0.2) is 17.6 Å². The topological polar surface area (TPSA) is 34.1 Å². The first kappa shape index (κ1) is 12.9. The van der Waals surface area contributed by atoms with E-state index in [1.54, 1.807) is 19.3 Å². The SMILES string of the molecule is CCC(C)(C)Oc1nccc(CNC)c1F. The molecule has 1 aromatic heterocycles. The smallest absolute Gasteiger partial charge is 0.251 e. The predicted octanol–water partition coefficient (Wildman–Crippen LogP) is 2.51. The number of rotatable bonds is 5. The zero-order valence-corrected chi connectivity index (χ0v) is 10.3. The molecule has 0 spiro atoms. The maximum absolute atomic E-state index is 13.9. The summed E-state index contributed by atoms with van der Waals surface area (Å²) in [5, 5.41) is 2.91. The Bertz CT molecular complexity index is 353. The highest BCUT2D eigenvalue weighted by molar-refractivity contribution is 5.24. The normalized spacial score (nSPS) is 11.6. The zero-order valence-electron chi connectivity index (χ0n) is 10.3. The van der Waals surface area contributed by atoms with Gasteiger partial charge in [0.1, 0.15) is 5.60 Å². The Morgan fingerprint density at radius 1 is 1.50 bits per heavy atom. The molecule has 0 bridgehead atoms. The van der Waals surface area contributed by atoms with E-state index in [9.17, 15) is 4.39 Å². The van der Waals surface area contributed by atoms with Gasteiger partial charge in [0.05, 0.1) is 0 Å². The highest BCUT2D eigenvalue weighted by atomic mass is 19.1. The molecule has 1 N–H and O–H groups in total. The van der Waals surface area contributed by atoms with Crippen molar-refractivity contribution in [1.82, 2.24) is 10.3 Å². The summed E-state index contributed by atoms with van der Waals surface area (Å²) in [6.07, 6.45) is 2.36. The monoisotopic (exact) mass is 226 g/mol. The highest BCUT2D eigenvalue weighted by Gasteiger charge is 2.21.